The van der Waals surface area contributed by atoms with Crippen LogP contribution in [0.4, 0.5) is 8.78 Å². The molecule has 1 saturated heterocycles. The number of benzene rings is 1. The molecular weight excluding hydrogens is 278 g/mol. The average Bonchev–Trinajstić information content (AvgIpc) is 2.42. The molecule has 0 bridgehead atoms. The SMILES string of the molecule is CSNCC1CN(Cc2ccccc2)CC(C)C1(F)F. The number of nitrogens with zero attached hydrogens (tertiary/aromatic N) is 1. The molecule has 1 heterocycles. The highest BCUT2D eigenvalue weighted by atomic mass is 32.2. The molecule has 112 valence electrons. The van der Waals surface area contributed by atoms with E-state index in [0.717, 1.165) is 6.54 Å². The molecule has 0 aliphatic carbocycles. The maximum Gasteiger partial charge on any atom is 0.257 e. The van der Waals surface area contributed by atoms with Crippen molar-refractivity contribution in [3.8, 4) is 0 Å². The van der Waals surface area contributed by atoms with Crippen LogP contribution in [0.15, 0.2) is 30.3 Å². The molecule has 2 atom stereocenters. The molecule has 0 aromatic heterocycles. The Hall–Kier alpha value is -0.650. The Balaban J connectivity index is 2.02. The predicted molar refractivity (Wildman–Crippen MR) is 80.8 cm³/mol. The van der Waals surface area contributed by atoms with Gasteiger partial charge in [-0.05, 0) is 11.8 Å². The summed E-state index contributed by atoms with van der Waals surface area (Å²) in [5.74, 6) is -3.81. The van der Waals surface area contributed by atoms with Crippen LogP contribution < -0.4 is 4.72 Å². The minimum Gasteiger partial charge on any atom is -0.298 e. The van der Waals surface area contributed by atoms with E-state index in [-0.39, 0.29) is 0 Å². The first kappa shape index (κ1) is 15.7. The van der Waals surface area contributed by atoms with E-state index in [1.165, 1.54) is 17.5 Å². The molecule has 2 unspecified atom stereocenters. The van der Waals surface area contributed by atoms with Gasteiger partial charge in [0.25, 0.3) is 5.92 Å². The van der Waals surface area contributed by atoms with E-state index < -0.39 is 17.8 Å². The van der Waals surface area contributed by atoms with E-state index in [2.05, 4.69) is 9.62 Å². The van der Waals surface area contributed by atoms with Gasteiger partial charge < -0.3 is 0 Å². The Morgan fingerprint density at radius 3 is 2.65 bits per heavy atom. The van der Waals surface area contributed by atoms with Crippen molar-refractivity contribution in [3.05, 3.63) is 35.9 Å². The van der Waals surface area contributed by atoms with Crippen molar-refractivity contribution in [1.29, 1.82) is 0 Å². The largest absolute Gasteiger partial charge is 0.298 e. The number of halogens is 2. The molecule has 1 aromatic carbocycles. The molecule has 2 nitrogen and oxygen atoms in total. The fraction of sp³-hybridized carbons (Fsp3) is 0.600. The Kier molecular flexibility index (Phi) is 5.41. The molecule has 20 heavy (non-hydrogen) atoms. The average molecular weight is 300 g/mol. The second-order valence-corrected chi connectivity index (χ2v) is 6.20. The molecule has 0 radical (unpaired) electrons. The van der Waals surface area contributed by atoms with Crippen molar-refractivity contribution in [1.82, 2.24) is 9.62 Å². The van der Waals surface area contributed by atoms with Gasteiger partial charge in [0.05, 0.1) is 0 Å². The lowest BCUT2D eigenvalue weighted by Crippen LogP contribution is -2.54. The summed E-state index contributed by atoms with van der Waals surface area (Å²) in [6.45, 7) is 3.65. The Bertz CT molecular complexity index is 414. The summed E-state index contributed by atoms with van der Waals surface area (Å²) in [5, 5.41) is 0. The number of alkyl halides is 2. The zero-order valence-electron chi connectivity index (χ0n) is 12.0. The van der Waals surface area contributed by atoms with Crippen molar-refractivity contribution in [2.45, 2.75) is 19.4 Å². The molecule has 5 heteroatoms. The van der Waals surface area contributed by atoms with Crippen LogP contribution in [-0.2, 0) is 6.54 Å². The molecule has 1 fully saturated rings. The fourth-order valence-corrected chi connectivity index (χ4v) is 3.14. The smallest absolute Gasteiger partial charge is 0.257 e. The minimum atomic E-state index is -2.59. The van der Waals surface area contributed by atoms with Crippen LogP contribution in [0, 0.1) is 11.8 Å². The molecule has 0 saturated carbocycles. The summed E-state index contributed by atoms with van der Waals surface area (Å²) >= 11 is 1.40. The van der Waals surface area contributed by atoms with Crippen molar-refractivity contribution < 1.29 is 8.78 Å². The van der Waals surface area contributed by atoms with Crippen LogP contribution in [0.2, 0.25) is 0 Å². The summed E-state index contributed by atoms with van der Waals surface area (Å²) in [6.07, 6.45) is 1.87. The van der Waals surface area contributed by atoms with Gasteiger partial charge in [0, 0.05) is 38.0 Å². The van der Waals surface area contributed by atoms with Gasteiger partial charge in [-0.3, -0.25) is 9.62 Å². The standard InChI is InChI=1S/C15H22F2N2S/c1-12-9-19(10-13-6-4-3-5-7-13)11-14(8-18-20-2)15(12,16)17/h3-7,12,14,18H,8-11H2,1-2H3. The van der Waals surface area contributed by atoms with Crippen molar-refractivity contribution in [2.24, 2.45) is 11.8 Å². The van der Waals surface area contributed by atoms with Crippen molar-refractivity contribution >= 4 is 11.9 Å². The van der Waals surface area contributed by atoms with Crippen molar-refractivity contribution in [3.63, 3.8) is 0 Å². The zero-order chi connectivity index (χ0) is 14.6. The van der Waals surface area contributed by atoms with Crippen molar-refractivity contribution in [2.75, 3.05) is 25.9 Å². The van der Waals surface area contributed by atoms with Crippen LogP contribution >= 0.6 is 11.9 Å². The third-order valence-electron chi connectivity index (χ3n) is 3.94. The molecular formula is C15H22F2N2S. The van der Waals surface area contributed by atoms with E-state index in [4.69, 9.17) is 0 Å². The minimum absolute atomic E-state index is 0.351. The van der Waals surface area contributed by atoms with Gasteiger partial charge in [-0.15, -0.1) is 0 Å². The van der Waals surface area contributed by atoms with E-state index in [9.17, 15) is 8.78 Å². The Labute approximate surface area is 124 Å². The number of piperidine rings is 1. The summed E-state index contributed by atoms with van der Waals surface area (Å²) < 4.78 is 31.4. The van der Waals surface area contributed by atoms with Gasteiger partial charge in [0.1, 0.15) is 0 Å². The highest BCUT2D eigenvalue weighted by molar-refractivity contribution is 7.96. The lowest BCUT2D eigenvalue weighted by molar-refractivity contribution is -0.143. The fourth-order valence-electron chi connectivity index (χ4n) is 2.77. The first-order valence-corrected chi connectivity index (χ1v) is 8.16. The van der Waals surface area contributed by atoms with Crippen LogP contribution in [0.1, 0.15) is 12.5 Å². The van der Waals surface area contributed by atoms with Crippen LogP contribution in [0.5, 0.6) is 0 Å². The molecule has 0 amide bonds. The number of nitrogens with one attached hydrogen (secondary N) is 1. The molecule has 0 spiro atoms. The molecule has 1 aliphatic rings. The monoisotopic (exact) mass is 300 g/mol. The lowest BCUT2D eigenvalue weighted by Gasteiger charge is -2.42. The Morgan fingerprint density at radius 2 is 2.00 bits per heavy atom. The van der Waals surface area contributed by atoms with Crippen LogP contribution in [0.25, 0.3) is 0 Å². The van der Waals surface area contributed by atoms with Gasteiger partial charge in [-0.25, -0.2) is 8.78 Å². The van der Waals surface area contributed by atoms with Crippen LogP contribution in [0.3, 0.4) is 0 Å². The zero-order valence-corrected chi connectivity index (χ0v) is 12.8. The van der Waals surface area contributed by atoms with Gasteiger partial charge in [-0.1, -0.05) is 49.2 Å². The van der Waals surface area contributed by atoms with E-state index >= 15 is 0 Å². The predicted octanol–water partition coefficient (Wildman–Crippen LogP) is 3.26. The van der Waals surface area contributed by atoms with Gasteiger partial charge in [0.2, 0.25) is 0 Å². The molecule has 1 aromatic rings. The van der Waals surface area contributed by atoms with E-state index in [1.807, 2.05) is 36.6 Å². The number of hydrogen-bond acceptors (Lipinski definition) is 3. The number of rotatable bonds is 5. The lowest BCUT2D eigenvalue weighted by atomic mass is 9.85. The maximum atomic E-state index is 14.2. The second kappa shape index (κ2) is 6.87. The summed E-state index contributed by atoms with van der Waals surface area (Å²) in [7, 11) is 0. The molecule has 1 aliphatic heterocycles. The van der Waals surface area contributed by atoms with E-state index in [0.29, 0.717) is 19.6 Å². The van der Waals surface area contributed by atoms with E-state index in [1.54, 1.807) is 6.92 Å². The van der Waals surface area contributed by atoms with Gasteiger partial charge >= 0.3 is 0 Å². The van der Waals surface area contributed by atoms with Gasteiger partial charge in [0.15, 0.2) is 0 Å². The molecule has 2 rings (SSSR count). The maximum absolute atomic E-state index is 14.2. The second-order valence-electron chi connectivity index (χ2n) is 5.50. The first-order valence-electron chi connectivity index (χ1n) is 6.94. The summed E-state index contributed by atoms with van der Waals surface area (Å²) in [6, 6.07) is 10.1. The molecule has 1 N–H and O–H groups in total. The van der Waals surface area contributed by atoms with Crippen LogP contribution in [-0.4, -0.2) is 36.7 Å². The quantitative estimate of drug-likeness (QED) is 0.840. The summed E-state index contributed by atoms with van der Waals surface area (Å²) in [4.78, 5) is 2.14. The third-order valence-corrected chi connectivity index (χ3v) is 4.39. The highest BCUT2D eigenvalue weighted by Crippen LogP contribution is 2.38. The highest BCUT2D eigenvalue weighted by Gasteiger charge is 2.48. The number of likely N-dealkylation sites (tertiary alicyclic amines) is 1. The Morgan fingerprint density at radius 1 is 1.30 bits per heavy atom. The summed E-state index contributed by atoms with van der Waals surface area (Å²) in [5.41, 5.74) is 1.18. The topological polar surface area (TPSA) is 15.3 Å². The number of hydrogen-bond donors (Lipinski definition) is 1. The normalized spacial score (nSPS) is 26.6. The van der Waals surface area contributed by atoms with Gasteiger partial charge in [-0.2, -0.15) is 0 Å². The first-order chi connectivity index (χ1) is 9.54. The third kappa shape index (κ3) is 3.71.